The Morgan fingerprint density at radius 1 is 1.27 bits per heavy atom. The van der Waals surface area contributed by atoms with Gasteiger partial charge in [-0.05, 0) is 50.0 Å². The number of aryl methyl sites for hydroxylation is 1. The van der Waals surface area contributed by atoms with Crippen LogP contribution < -0.4 is 20.1 Å². The van der Waals surface area contributed by atoms with E-state index in [-0.39, 0.29) is 24.4 Å². The number of carbonyl (C=O) groups excluding carboxylic acids is 1. The van der Waals surface area contributed by atoms with Crippen LogP contribution >= 0.6 is 12.4 Å². The molecule has 2 atom stereocenters. The van der Waals surface area contributed by atoms with Crippen molar-refractivity contribution in [2.75, 3.05) is 27.3 Å². The van der Waals surface area contributed by atoms with Crippen molar-refractivity contribution in [3.63, 3.8) is 0 Å². The van der Waals surface area contributed by atoms with E-state index in [4.69, 9.17) is 9.47 Å². The van der Waals surface area contributed by atoms with E-state index < -0.39 is 0 Å². The zero-order valence-electron chi connectivity index (χ0n) is 13.6. The average Bonchev–Trinajstić information content (AvgIpc) is 2.49. The molecule has 124 valence electrons. The molecule has 1 aliphatic heterocycles. The van der Waals surface area contributed by atoms with Crippen molar-refractivity contribution in [1.29, 1.82) is 0 Å². The van der Waals surface area contributed by atoms with Gasteiger partial charge < -0.3 is 20.1 Å². The highest BCUT2D eigenvalue weighted by atomic mass is 35.5. The molecule has 0 aliphatic carbocycles. The van der Waals surface area contributed by atoms with Crippen LogP contribution in [0.15, 0.2) is 12.1 Å². The van der Waals surface area contributed by atoms with Crippen LogP contribution in [0.1, 0.15) is 29.3 Å². The molecule has 1 aliphatic rings. The van der Waals surface area contributed by atoms with Crippen LogP contribution in [0.3, 0.4) is 0 Å². The Balaban J connectivity index is 0.00000242. The summed E-state index contributed by atoms with van der Waals surface area (Å²) in [6.45, 7) is 5.94. The normalized spacial score (nSPS) is 20.7. The average molecular weight is 329 g/mol. The maximum atomic E-state index is 12.5. The van der Waals surface area contributed by atoms with Gasteiger partial charge >= 0.3 is 0 Å². The zero-order chi connectivity index (χ0) is 15.4. The maximum absolute atomic E-state index is 12.5. The first-order valence-electron chi connectivity index (χ1n) is 7.31. The second-order valence-electron chi connectivity index (χ2n) is 5.57. The van der Waals surface area contributed by atoms with Crippen molar-refractivity contribution in [3.8, 4) is 11.5 Å². The summed E-state index contributed by atoms with van der Waals surface area (Å²) in [5, 5.41) is 6.47. The molecule has 5 nitrogen and oxygen atoms in total. The molecule has 1 aromatic rings. The van der Waals surface area contributed by atoms with Gasteiger partial charge in [0.25, 0.3) is 5.91 Å². The molecule has 1 amide bonds. The molecule has 1 aromatic carbocycles. The molecule has 0 aromatic heterocycles. The molecule has 1 heterocycles. The Labute approximate surface area is 138 Å². The van der Waals surface area contributed by atoms with Crippen molar-refractivity contribution in [1.82, 2.24) is 10.6 Å². The largest absolute Gasteiger partial charge is 0.493 e. The van der Waals surface area contributed by atoms with Gasteiger partial charge in [-0.1, -0.05) is 6.92 Å². The third kappa shape index (κ3) is 4.05. The molecule has 1 saturated heterocycles. The van der Waals surface area contributed by atoms with Crippen LogP contribution in [-0.2, 0) is 0 Å². The van der Waals surface area contributed by atoms with E-state index in [0.29, 0.717) is 23.0 Å². The minimum Gasteiger partial charge on any atom is -0.493 e. The van der Waals surface area contributed by atoms with Crippen molar-refractivity contribution < 1.29 is 14.3 Å². The summed E-state index contributed by atoms with van der Waals surface area (Å²) in [6.07, 6.45) is 0.958. The third-order valence-corrected chi connectivity index (χ3v) is 4.08. The number of ether oxygens (including phenoxy) is 2. The third-order valence-electron chi connectivity index (χ3n) is 4.08. The van der Waals surface area contributed by atoms with Crippen molar-refractivity contribution in [2.45, 2.75) is 26.3 Å². The predicted octanol–water partition coefficient (Wildman–Crippen LogP) is 2.16. The molecule has 0 spiro atoms. The molecule has 2 N–H and O–H groups in total. The number of halogens is 1. The van der Waals surface area contributed by atoms with Gasteiger partial charge in [-0.15, -0.1) is 12.4 Å². The van der Waals surface area contributed by atoms with Crippen LogP contribution in [0.4, 0.5) is 0 Å². The van der Waals surface area contributed by atoms with Crippen LogP contribution in [0, 0.1) is 12.8 Å². The Kier molecular flexibility index (Phi) is 6.97. The number of amides is 1. The van der Waals surface area contributed by atoms with Gasteiger partial charge in [0.1, 0.15) is 0 Å². The van der Waals surface area contributed by atoms with Crippen molar-refractivity contribution >= 4 is 18.3 Å². The van der Waals surface area contributed by atoms with Gasteiger partial charge in [0.15, 0.2) is 11.5 Å². The van der Waals surface area contributed by atoms with Crippen LogP contribution in [0.5, 0.6) is 11.5 Å². The lowest BCUT2D eigenvalue weighted by Gasteiger charge is -2.30. The SMILES string of the molecule is COc1cc(C)c(C(=O)NC2CCNCC2C)cc1OC.Cl. The van der Waals surface area contributed by atoms with Gasteiger partial charge in [-0.25, -0.2) is 0 Å². The number of carbonyl (C=O) groups is 1. The summed E-state index contributed by atoms with van der Waals surface area (Å²) in [7, 11) is 3.16. The van der Waals surface area contributed by atoms with Crippen molar-refractivity contribution in [3.05, 3.63) is 23.3 Å². The van der Waals surface area contributed by atoms with Gasteiger partial charge in [-0.3, -0.25) is 4.79 Å². The lowest BCUT2D eigenvalue weighted by Crippen LogP contribution is -2.48. The van der Waals surface area contributed by atoms with E-state index in [9.17, 15) is 4.79 Å². The Bertz CT molecular complexity index is 522. The quantitative estimate of drug-likeness (QED) is 0.889. The second-order valence-corrected chi connectivity index (χ2v) is 5.57. The van der Waals surface area contributed by atoms with E-state index in [2.05, 4.69) is 17.6 Å². The molecule has 6 heteroatoms. The highest BCUT2D eigenvalue weighted by molar-refractivity contribution is 5.96. The summed E-state index contributed by atoms with van der Waals surface area (Å²) >= 11 is 0. The molecule has 1 fully saturated rings. The monoisotopic (exact) mass is 328 g/mol. The summed E-state index contributed by atoms with van der Waals surface area (Å²) in [5.74, 6) is 1.60. The van der Waals surface area contributed by atoms with Crippen LogP contribution in [0.2, 0.25) is 0 Å². The summed E-state index contributed by atoms with van der Waals surface area (Å²) in [4.78, 5) is 12.5. The molecule has 2 unspecified atom stereocenters. The van der Waals surface area contributed by atoms with Crippen LogP contribution in [-0.4, -0.2) is 39.3 Å². The standard InChI is InChI=1S/C16H24N2O3.ClH/c1-10-7-14(20-3)15(21-4)8-12(10)16(19)18-13-5-6-17-9-11(13)2;/h7-8,11,13,17H,5-6,9H2,1-4H3,(H,18,19);1H. The van der Waals surface area contributed by atoms with Crippen molar-refractivity contribution in [2.24, 2.45) is 5.92 Å². The smallest absolute Gasteiger partial charge is 0.251 e. The van der Waals surface area contributed by atoms with Gasteiger partial charge in [0.2, 0.25) is 0 Å². The number of methoxy groups -OCH3 is 2. The molecule has 22 heavy (non-hydrogen) atoms. The van der Waals surface area contributed by atoms with Gasteiger partial charge in [-0.2, -0.15) is 0 Å². The summed E-state index contributed by atoms with van der Waals surface area (Å²) in [6, 6.07) is 3.79. The first-order valence-corrected chi connectivity index (χ1v) is 7.31. The second kappa shape index (κ2) is 8.25. The lowest BCUT2D eigenvalue weighted by molar-refractivity contribution is 0.0913. The zero-order valence-corrected chi connectivity index (χ0v) is 14.4. The molecule has 0 saturated carbocycles. The van der Waals surface area contributed by atoms with E-state index in [1.165, 1.54) is 0 Å². The highest BCUT2D eigenvalue weighted by Gasteiger charge is 2.24. The molecule has 0 radical (unpaired) electrons. The highest BCUT2D eigenvalue weighted by Crippen LogP contribution is 2.30. The van der Waals surface area contributed by atoms with E-state index in [0.717, 1.165) is 25.1 Å². The molecular weight excluding hydrogens is 304 g/mol. The fourth-order valence-corrected chi connectivity index (χ4v) is 2.70. The number of piperidine rings is 1. The predicted molar refractivity (Wildman–Crippen MR) is 89.4 cm³/mol. The van der Waals surface area contributed by atoms with E-state index in [1.807, 2.05) is 13.0 Å². The lowest BCUT2D eigenvalue weighted by atomic mass is 9.94. The number of benzene rings is 1. The number of hydrogen-bond donors (Lipinski definition) is 2. The fourth-order valence-electron chi connectivity index (χ4n) is 2.70. The molecule has 2 rings (SSSR count). The number of hydrogen-bond acceptors (Lipinski definition) is 4. The van der Waals surface area contributed by atoms with Crippen LogP contribution in [0.25, 0.3) is 0 Å². The summed E-state index contributed by atoms with van der Waals surface area (Å²) < 4.78 is 10.5. The minimum atomic E-state index is -0.0489. The Morgan fingerprint density at radius 3 is 2.50 bits per heavy atom. The van der Waals surface area contributed by atoms with E-state index >= 15 is 0 Å². The Hall–Kier alpha value is -1.46. The fraction of sp³-hybridized carbons (Fsp3) is 0.562. The molecule has 0 bridgehead atoms. The number of rotatable bonds is 4. The molecular formula is C16H25ClN2O3. The van der Waals surface area contributed by atoms with Gasteiger partial charge in [0.05, 0.1) is 14.2 Å². The minimum absolute atomic E-state index is 0. The van der Waals surface area contributed by atoms with E-state index in [1.54, 1.807) is 20.3 Å². The topological polar surface area (TPSA) is 59.6 Å². The van der Waals surface area contributed by atoms with Gasteiger partial charge in [0, 0.05) is 11.6 Å². The number of nitrogens with one attached hydrogen (secondary N) is 2. The first-order chi connectivity index (χ1) is 10.1. The first kappa shape index (κ1) is 18.6. The Morgan fingerprint density at radius 2 is 1.91 bits per heavy atom. The summed E-state index contributed by atoms with van der Waals surface area (Å²) in [5.41, 5.74) is 1.52. The maximum Gasteiger partial charge on any atom is 0.251 e.